The van der Waals surface area contributed by atoms with Crippen LogP contribution in [0.2, 0.25) is 0 Å². The maximum atomic E-state index is 5.62. The van der Waals surface area contributed by atoms with Crippen LogP contribution in [0, 0.1) is 0 Å². The minimum Gasteiger partial charge on any atom is -0.487 e. The third kappa shape index (κ3) is 5.76. The first-order valence-corrected chi connectivity index (χ1v) is 8.35. The van der Waals surface area contributed by atoms with Gasteiger partial charge in [0.25, 0.3) is 0 Å². The average Bonchev–Trinajstić information content (AvgIpc) is 2.43. The maximum absolute atomic E-state index is 5.62. The molecule has 0 saturated heterocycles. The zero-order valence-corrected chi connectivity index (χ0v) is 14.8. The normalized spacial score (nSPS) is 13.0. The zero-order valence-electron chi connectivity index (χ0n) is 14.0. The Kier molecular flexibility index (Phi) is 7.91. The molecule has 21 heavy (non-hydrogen) atoms. The molecule has 0 aromatic heterocycles. The minimum atomic E-state index is 0.196. The van der Waals surface area contributed by atoms with Crippen molar-refractivity contribution in [2.75, 3.05) is 13.2 Å². The lowest BCUT2D eigenvalue weighted by Gasteiger charge is -2.32. The van der Waals surface area contributed by atoms with Crippen LogP contribution in [-0.2, 0) is 4.74 Å². The van der Waals surface area contributed by atoms with Crippen LogP contribution in [-0.4, -0.2) is 35.2 Å². The molecule has 0 aliphatic heterocycles. The molecule has 0 heterocycles. The monoisotopic (exact) mass is 307 g/mol. The third-order valence-electron chi connectivity index (χ3n) is 3.78. The van der Waals surface area contributed by atoms with Crippen molar-refractivity contribution in [1.82, 2.24) is 4.90 Å². The Morgan fingerprint density at radius 3 is 2.14 bits per heavy atom. The van der Waals surface area contributed by atoms with Crippen LogP contribution in [0.25, 0.3) is 0 Å². The van der Waals surface area contributed by atoms with Crippen molar-refractivity contribution in [3.05, 3.63) is 35.9 Å². The Morgan fingerprint density at radius 2 is 1.67 bits per heavy atom. The van der Waals surface area contributed by atoms with E-state index in [1.807, 2.05) is 13.0 Å². The average molecular weight is 308 g/mol. The number of benzene rings is 1. The molecule has 1 unspecified atom stereocenters. The second-order valence-corrected chi connectivity index (χ2v) is 6.33. The van der Waals surface area contributed by atoms with E-state index in [0.29, 0.717) is 18.7 Å². The van der Waals surface area contributed by atoms with Crippen molar-refractivity contribution in [3.8, 4) is 0 Å². The van der Waals surface area contributed by atoms with Gasteiger partial charge in [0, 0.05) is 12.1 Å². The molecule has 0 radical (unpaired) electrons. The van der Waals surface area contributed by atoms with E-state index in [-0.39, 0.29) is 5.92 Å². The van der Waals surface area contributed by atoms with Gasteiger partial charge in [-0.3, -0.25) is 4.90 Å². The van der Waals surface area contributed by atoms with E-state index in [9.17, 15) is 0 Å². The quantitative estimate of drug-likeness (QED) is 0.649. The summed E-state index contributed by atoms with van der Waals surface area (Å²) in [4.78, 5) is 2.50. The molecule has 1 aromatic carbocycles. The largest absolute Gasteiger partial charge is 0.487 e. The SMILES string of the molecule is CCOC(=S)C(CCN(C(C)C)C(C)C)c1ccccc1. The number of rotatable bonds is 8. The molecule has 0 aliphatic rings. The molecule has 1 atom stereocenters. The molecule has 0 bridgehead atoms. The van der Waals surface area contributed by atoms with Gasteiger partial charge in [0.15, 0.2) is 5.05 Å². The number of ether oxygens (including phenoxy) is 1. The second-order valence-electron chi connectivity index (χ2n) is 5.93. The van der Waals surface area contributed by atoms with Crippen molar-refractivity contribution in [2.24, 2.45) is 0 Å². The lowest BCUT2D eigenvalue weighted by atomic mass is 9.95. The molecule has 3 heteroatoms. The van der Waals surface area contributed by atoms with Gasteiger partial charge in [-0.05, 0) is 65.4 Å². The molecule has 0 saturated carbocycles. The van der Waals surface area contributed by atoms with Gasteiger partial charge in [-0.1, -0.05) is 30.3 Å². The molecule has 0 spiro atoms. The first kappa shape index (κ1) is 18.1. The highest BCUT2D eigenvalue weighted by molar-refractivity contribution is 7.80. The summed E-state index contributed by atoms with van der Waals surface area (Å²) in [5.74, 6) is 0.196. The molecular weight excluding hydrogens is 278 g/mol. The van der Waals surface area contributed by atoms with Gasteiger partial charge in [-0.15, -0.1) is 0 Å². The van der Waals surface area contributed by atoms with Crippen LogP contribution in [0.1, 0.15) is 52.5 Å². The second kappa shape index (κ2) is 9.16. The third-order valence-corrected chi connectivity index (χ3v) is 4.18. The fourth-order valence-corrected chi connectivity index (χ4v) is 3.11. The molecule has 0 N–H and O–H groups in total. The molecule has 0 aliphatic carbocycles. The summed E-state index contributed by atoms with van der Waals surface area (Å²) in [5.41, 5.74) is 1.25. The van der Waals surface area contributed by atoms with E-state index in [1.165, 1.54) is 5.56 Å². The van der Waals surface area contributed by atoms with Crippen LogP contribution in [0.5, 0.6) is 0 Å². The Labute approximate surface area is 135 Å². The molecular formula is C18H29NOS. The highest BCUT2D eigenvalue weighted by atomic mass is 32.1. The van der Waals surface area contributed by atoms with Crippen LogP contribution in [0.4, 0.5) is 0 Å². The van der Waals surface area contributed by atoms with Crippen molar-refractivity contribution >= 4 is 17.3 Å². The summed E-state index contributed by atoms with van der Waals surface area (Å²) in [5, 5.41) is 0.719. The fourth-order valence-electron chi connectivity index (χ4n) is 2.74. The van der Waals surface area contributed by atoms with E-state index < -0.39 is 0 Å². The fraction of sp³-hybridized carbons (Fsp3) is 0.611. The van der Waals surface area contributed by atoms with Gasteiger partial charge in [-0.2, -0.15) is 0 Å². The first-order valence-electron chi connectivity index (χ1n) is 7.94. The van der Waals surface area contributed by atoms with E-state index in [0.717, 1.165) is 18.0 Å². The Hall–Kier alpha value is -0.930. The van der Waals surface area contributed by atoms with E-state index in [1.54, 1.807) is 0 Å². The maximum Gasteiger partial charge on any atom is 0.167 e. The van der Waals surface area contributed by atoms with Gasteiger partial charge in [-0.25, -0.2) is 0 Å². The van der Waals surface area contributed by atoms with Gasteiger partial charge >= 0.3 is 0 Å². The Balaban J connectivity index is 2.81. The van der Waals surface area contributed by atoms with Gasteiger partial charge in [0.05, 0.1) is 12.5 Å². The summed E-state index contributed by atoms with van der Waals surface area (Å²) in [6, 6.07) is 11.6. The summed E-state index contributed by atoms with van der Waals surface area (Å²) in [6.45, 7) is 12.7. The van der Waals surface area contributed by atoms with Crippen molar-refractivity contribution in [2.45, 2.75) is 59.0 Å². The van der Waals surface area contributed by atoms with Crippen molar-refractivity contribution in [3.63, 3.8) is 0 Å². The lowest BCUT2D eigenvalue weighted by molar-refractivity contribution is 0.170. The smallest absolute Gasteiger partial charge is 0.167 e. The molecule has 1 rings (SSSR count). The van der Waals surface area contributed by atoms with Crippen molar-refractivity contribution in [1.29, 1.82) is 0 Å². The predicted molar refractivity (Wildman–Crippen MR) is 95.0 cm³/mol. The summed E-state index contributed by atoms with van der Waals surface area (Å²) < 4.78 is 5.62. The van der Waals surface area contributed by atoms with E-state index >= 15 is 0 Å². The van der Waals surface area contributed by atoms with Crippen LogP contribution in [0.15, 0.2) is 30.3 Å². The van der Waals surface area contributed by atoms with Crippen LogP contribution >= 0.6 is 12.2 Å². The minimum absolute atomic E-state index is 0.196. The predicted octanol–water partition coefficient (Wildman–Crippen LogP) is 4.64. The Bertz CT molecular complexity index is 408. The van der Waals surface area contributed by atoms with Gasteiger partial charge in [0.2, 0.25) is 0 Å². The highest BCUT2D eigenvalue weighted by Gasteiger charge is 2.21. The van der Waals surface area contributed by atoms with Crippen LogP contribution < -0.4 is 0 Å². The lowest BCUT2D eigenvalue weighted by Crippen LogP contribution is -2.38. The standard InChI is InChI=1S/C18H29NOS/c1-6-20-18(21)17(16-10-8-7-9-11-16)12-13-19(14(2)3)15(4)5/h7-11,14-15,17H,6,12-13H2,1-5H3. The number of hydrogen-bond donors (Lipinski definition) is 0. The zero-order chi connectivity index (χ0) is 15.8. The number of hydrogen-bond acceptors (Lipinski definition) is 3. The van der Waals surface area contributed by atoms with Crippen LogP contribution in [0.3, 0.4) is 0 Å². The molecule has 0 fully saturated rings. The van der Waals surface area contributed by atoms with Crippen molar-refractivity contribution < 1.29 is 4.74 Å². The highest BCUT2D eigenvalue weighted by Crippen LogP contribution is 2.24. The van der Waals surface area contributed by atoms with Gasteiger partial charge < -0.3 is 4.74 Å². The Morgan fingerprint density at radius 1 is 1.10 bits per heavy atom. The van der Waals surface area contributed by atoms with E-state index in [2.05, 4.69) is 56.9 Å². The first-order chi connectivity index (χ1) is 9.97. The summed E-state index contributed by atoms with van der Waals surface area (Å²) in [6.07, 6.45) is 0.999. The topological polar surface area (TPSA) is 12.5 Å². The molecule has 118 valence electrons. The number of nitrogens with zero attached hydrogens (tertiary/aromatic N) is 1. The molecule has 2 nitrogen and oxygen atoms in total. The molecule has 0 amide bonds. The number of thiocarbonyl (C=S) groups is 1. The molecule has 1 aromatic rings. The van der Waals surface area contributed by atoms with E-state index in [4.69, 9.17) is 17.0 Å². The van der Waals surface area contributed by atoms with Gasteiger partial charge in [0.1, 0.15) is 0 Å². The summed E-state index contributed by atoms with van der Waals surface area (Å²) in [7, 11) is 0. The summed E-state index contributed by atoms with van der Waals surface area (Å²) >= 11 is 5.50.